The summed E-state index contributed by atoms with van der Waals surface area (Å²) in [5.41, 5.74) is 0.974. The van der Waals surface area contributed by atoms with E-state index in [1.807, 2.05) is 0 Å². The number of aromatic nitrogens is 2. The largest absolute Gasteiger partial charge is 0.339 e. The van der Waals surface area contributed by atoms with Crippen molar-refractivity contribution in [3.05, 3.63) is 47.4 Å². The Morgan fingerprint density at radius 2 is 2.05 bits per heavy atom. The summed E-state index contributed by atoms with van der Waals surface area (Å²) in [6.45, 7) is 5.34. The van der Waals surface area contributed by atoms with Crippen LogP contribution in [0.25, 0.3) is 0 Å². The summed E-state index contributed by atoms with van der Waals surface area (Å²) >= 11 is 0. The van der Waals surface area contributed by atoms with Crippen molar-refractivity contribution in [2.75, 3.05) is 6.54 Å². The minimum atomic E-state index is -0.235. The molecule has 0 saturated heterocycles. The van der Waals surface area contributed by atoms with Crippen molar-refractivity contribution < 1.29 is 8.91 Å². The van der Waals surface area contributed by atoms with Gasteiger partial charge in [-0.3, -0.25) is 0 Å². The predicted molar refractivity (Wildman–Crippen MR) is 79.6 cm³/mol. The number of nitrogens with zero attached hydrogens (tertiary/aromatic N) is 2. The van der Waals surface area contributed by atoms with Gasteiger partial charge >= 0.3 is 0 Å². The van der Waals surface area contributed by atoms with E-state index in [2.05, 4.69) is 29.3 Å². The third kappa shape index (κ3) is 5.27. The summed E-state index contributed by atoms with van der Waals surface area (Å²) in [6.07, 6.45) is 3.44. The standard InChI is InChI=1S/C16H22FN3O/c1-3-10-18-12(2)4-9-16-19-15(20-21-16)11-13-5-7-14(17)8-6-13/h5-8,12,18H,3-4,9-11H2,1-2H3. The molecule has 5 heteroatoms. The lowest BCUT2D eigenvalue weighted by Crippen LogP contribution is -2.27. The van der Waals surface area contributed by atoms with Crippen molar-refractivity contribution in [3.8, 4) is 0 Å². The highest BCUT2D eigenvalue weighted by atomic mass is 19.1. The van der Waals surface area contributed by atoms with E-state index in [4.69, 9.17) is 4.52 Å². The zero-order chi connectivity index (χ0) is 15.1. The Labute approximate surface area is 124 Å². The van der Waals surface area contributed by atoms with Crippen LogP contribution in [-0.4, -0.2) is 22.7 Å². The van der Waals surface area contributed by atoms with Gasteiger partial charge < -0.3 is 9.84 Å². The van der Waals surface area contributed by atoms with E-state index in [0.717, 1.165) is 31.4 Å². The van der Waals surface area contributed by atoms with Crippen LogP contribution >= 0.6 is 0 Å². The monoisotopic (exact) mass is 291 g/mol. The number of rotatable bonds is 8. The highest BCUT2D eigenvalue weighted by molar-refractivity contribution is 5.19. The molecule has 1 aromatic carbocycles. The van der Waals surface area contributed by atoms with Crippen molar-refractivity contribution in [2.24, 2.45) is 0 Å². The Balaban J connectivity index is 1.82. The van der Waals surface area contributed by atoms with Gasteiger partial charge in [-0.15, -0.1) is 0 Å². The molecule has 2 aromatic rings. The Morgan fingerprint density at radius 1 is 1.29 bits per heavy atom. The SMILES string of the molecule is CCCNC(C)CCc1nc(Cc2ccc(F)cc2)no1. The maximum atomic E-state index is 12.8. The van der Waals surface area contributed by atoms with Gasteiger partial charge in [0, 0.05) is 18.9 Å². The predicted octanol–water partition coefficient (Wildman–Crippen LogP) is 3.12. The fraction of sp³-hybridized carbons (Fsp3) is 0.500. The lowest BCUT2D eigenvalue weighted by molar-refractivity contribution is 0.363. The van der Waals surface area contributed by atoms with Gasteiger partial charge in [0.1, 0.15) is 5.82 Å². The van der Waals surface area contributed by atoms with Gasteiger partial charge in [-0.2, -0.15) is 4.98 Å². The van der Waals surface area contributed by atoms with Crippen LogP contribution < -0.4 is 5.32 Å². The summed E-state index contributed by atoms with van der Waals surface area (Å²) in [7, 11) is 0. The first kappa shape index (κ1) is 15.6. The fourth-order valence-electron chi connectivity index (χ4n) is 2.08. The van der Waals surface area contributed by atoms with Crippen LogP contribution in [-0.2, 0) is 12.8 Å². The number of aryl methyl sites for hydroxylation is 1. The number of halogens is 1. The van der Waals surface area contributed by atoms with Crippen LogP contribution in [0, 0.1) is 5.82 Å². The van der Waals surface area contributed by atoms with E-state index >= 15 is 0 Å². The second-order valence-corrected chi connectivity index (χ2v) is 5.30. The Kier molecular flexibility index (Phi) is 5.87. The van der Waals surface area contributed by atoms with Gasteiger partial charge in [0.05, 0.1) is 0 Å². The second-order valence-electron chi connectivity index (χ2n) is 5.30. The lowest BCUT2D eigenvalue weighted by atomic mass is 10.1. The van der Waals surface area contributed by atoms with E-state index < -0.39 is 0 Å². The van der Waals surface area contributed by atoms with Crippen LogP contribution in [0.3, 0.4) is 0 Å². The van der Waals surface area contributed by atoms with E-state index in [0.29, 0.717) is 24.2 Å². The zero-order valence-corrected chi connectivity index (χ0v) is 12.6. The molecule has 2 rings (SSSR count). The molecular formula is C16H22FN3O. The molecule has 0 aliphatic carbocycles. The first-order chi connectivity index (χ1) is 10.2. The highest BCUT2D eigenvalue weighted by Crippen LogP contribution is 2.09. The maximum absolute atomic E-state index is 12.8. The molecule has 4 nitrogen and oxygen atoms in total. The van der Waals surface area contributed by atoms with E-state index in [-0.39, 0.29) is 5.82 Å². The number of nitrogens with one attached hydrogen (secondary N) is 1. The Bertz CT molecular complexity index is 539. The normalized spacial score (nSPS) is 12.5. The topological polar surface area (TPSA) is 51.0 Å². The summed E-state index contributed by atoms with van der Waals surface area (Å²) in [6, 6.07) is 6.80. The molecule has 0 fully saturated rings. The van der Waals surface area contributed by atoms with Crippen molar-refractivity contribution in [1.29, 1.82) is 0 Å². The average molecular weight is 291 g/mol. The smallest absolute Gasteiger partial charge is 0.226 e. The number of hydrogen-bond donors (Lipinski definition) is 1. The van der Waals surface area contributed by atoms with Crippen LogP contribution in [0.2, 0.25) is 0 Å². The molecule has 0 amide bonds. The molecule has 1 heterocycles. The van der Waals surface area contributed by atoms with Gasteiger partial charge in [0.2, 0.25) is 5.89 Å². The summed E-state index contributed by atoms with van der Waals surface area (Å²) in [4.78, 5) is 4.38. The first-order valence-electron chi connectivity index (χ1n) is 7.46. The summed E-state index contributed by atoms with van der Waals surface area (Å²) in [5, 5.41) is 7.40. The van der Waals surface area contributed by atoms with Crippen molar-refractivity contribution in [3.63, 3.8) is 0 Å². The molecular weight excluding hydrogens is 269 g/mol. The van der Waals surface area contributed by atoms with E-state index in [1.54, 1.807) is 12.1 Å². The first-order valence-corrected chi connectivity index (χ1v) is 7.46. The molecule has 0 aliphatic rings. The third-order valence-corrected chi connectivity index (χ3v) is 3.32. The van der Waals surface area contributed by atoms with Crippen molar-refractivity contribution in [1.82, 2.24) is 15.5 Å². The molecule has 1 N–H and O–H groups in total. The molecule has 0 bridgehead atoms. The maximum Gasteiger partial charge on any atom is 0.226 e. The van der Waals surface area contributed by atoms with Gasteiger partial charge in [-0.25, -0.2) is 4.39 Å². The Morgan fingerprint density at radius 3 is 2.76 bits per heavy atom. The van der Waals surface area contributed by atoms with Gasteiger partial charge in [-0.05, 0) is 44.0 Å². The van der Waals surface area contributed by atoms with Crippen molar-refractivity contribution >= 4 is 0 Å². The molecule has 1 aromatic heterocycles. The molecule has 114 valence electrons. The average Bonchev–Trinajstić information content (AvgIpc) is 2.93. The summed E-state index contributed by atoms with van der Waals surface area (Å²) in [5.74, 6) is 1.07. The number of hydrogen-bond acceptors (Lipinski definition) is 4. The molecule has 0 radical (unpaired) electrons. The molecule has 1 unspecified atom stereocenters. The molecule has 0 saturated carbocycles. The summed E-state index contributed by atoms with van der Waals surface area (Å²) < 4.78 is 18.1. The van der Waals surface area contributed by atoms with Crippen LogP contribution in [0.4, 0.5) is 4.39 Å². The second kappa shape index (κ2) is 7.88. The molecule has 0 spiro atoms. The quantitative estimate of drug-likeness (QED) is 0.812. The van der Waals surface area contributed by atoms with Gasteiger partial charge in [-0.1, -0.05) is 24.2 Å². The molecule has 1 atom stereocenters. The lowest BCUT2D eigenvalue weighted by Gasteiger charge is -2.10. The Hall–Kier alpha value is -1.75. The van der Waals surface area contributed by atoms with Gasteiger partial charge in [0.25, 0.3) is 0 Å². The highest BCUT2D eigenvalue weighted by Gasteiger charge is 2.09. The van der Waals surface area contributed by atoms with Crippen LogP contribution in [0.5, 0.6) is 0 Å². The molecule has 21 heavy (non-hydrogen) atoms. The third-order valence-electron chi connectivity index (χ3n) is 3.32. The van der Waals surface area contributed by atoms with Crippen molar-refractivity contribution in [2.45, 2.75) is 45.6 Å². The zero-order valence-electron chi connectivity index (χ0n) is 12.6. The van der Waals surface area contributed by atoms with E-state index in [1.165, 1.54) is 12.1 Å². The van der Waals surface area contributed by atoms with Gasteiger partial charge in [0.15, 0.2) is 5.82 Å². The van der Waals surface area contributed by atoms with E-state index in [9.17, 15) is 4.39 Å². The number of benzene rings is 1. The minimum Gasteiger partial charge on any atom is -0.339 e. The fourth-order valence-corrected chi connectivity index (χ4v) is 2.08. The van der Waals surface area contributed by atoms with Crippen LogP contribution in [0.15, 0.2) is 28.8 Å². The minimum absolute atomic E-state index is 0.235. The van der Waals surface area contributed by atoms with Crippen LogP contribution in [0.1, 0.15) is 44.0 Å². The molecule has 0 aliphatic heterocycles.